The maximum Gasteiger partial charge on any atom is 0.220 e. The first-order valence-electron chi connectivity index (χ1n) is 6.82. The van der Waals surface area contributed by atoms with Gasteiger partial charge in [0.15, 0.2) is 0 Å². The summed E-state index contributed by atoms with van der Waals surface area (Å²) in [6, 6.07) is 11.9. The van der Waals surface area contributed by atoms with E-state index in [-0.39, 0.29) is 5.91 Å². The molecule has 0 aliphatic rings. The van der Waals surface area contributed by atoms with E-state index in [9.17, 15) is 4.79 Å². The highest BCUT2D eigenvalue weighted by Gasteiger charge is 2.05. The summed E-state index contributed by atoms with van der Waals surface area (Å²) in [5.74, 6) is 0.887. The van der Waals surface area contributed by atoms with Gasteiger partial charge in [0.2, 0.25) is 5.91 Å². The number of halogens is 1. The zero-order chi connectivity index (χ0) is 15.1. The predicted octanol–water partition coefficient (Wildman–Crippen LogP) is 4.16. The number of nitrogens with one attached hydrogen (secondary N) is 1. The lowest BCUT2D eigenvalue weighted by molar-refractivity contribution is -0.121. The highest BCUT2D eigenvalue weighted by atomic mass is 79.9. The average molecular weight is 368 g/mol. The van der Waals surface area contributed by atoms with Crippen molar-refractivity contribution >= 4 is 33.2 Å². The number of para-hydroxylation sites is 1. The minimum atomic E-state index is 0.0801. The molecule has 0 spiro atoms. The van der Waals surface area contributed by atoms with Gasteiger partial charge in [-0.15, -0.1) is 11.3 Å². The van der Waals surface area contributed by atoms with E-state index >= 15 is 0 Å². The molecule has 0 fully saturated rings. The van der Waals surface area contributed by atoms with Crippen LogP contribution in [0, 0.1) is 0 Å². The molecule has 0 atom stereocenters. The standard InChI is InChI=1S/C16H18BrNO2S/c1-20-14-7-3-2-5-12(14)11-18-16(19)8-4-6-13-9-10-15(17)21-13/h2-3,5,7,9-10H,4,6,8,11H2,1H3,(H,18,19). The molecule has 0 saturated carbocycles. The Morgan fingerprint density at radius 1 is 1.29 bits per heavy atom. The Bertz CT molecular complexity index is 597. The van der Waals surface area contributed by atoms with Gasteiger partial charge < -0.3 is 10.1 Å². The molecular formula is C16H18BrNO2S. The molecule has 0 bridgehead atoms. The predicted molar refractivity (Wildman–Crippen MR) is 89.8 cm³/mol. The van der Waals surface area contributed by atoms with Crippen LogP contribution in [0.4, 0.5) is 0 Å². The summed E-state index contributed by atoms with van der Waals surface area (Å²) in [5.41, 5.74) is 0.996. The third-order valence-corrected chi connectivity index (χ3v) is 4.81. The molecule has 2 aromatic rings. The van der Waals surface area contributed by atoms with E-state index < -0.39 is 0 Å². The summed E-state index contributed by atoms with van der Waals surface area (Å²) < 4.78 is 6.40. The fourth-order valence-corrected chi connectivity index (χ4v) is 3.57. The van der Waals surface area contributed by atoms with Crippen LogP contribution in [0.25, 0.3) is 0 Å². The monoisotopic (exact) mass is 367 g/mol. The Labute approximate surface area is 137 Å². The Kier molecular flexibility index (Phi) is 6.26. The van der Waals surface area contributed by atoms with Crippen LogP contribution in [0.15, 0.2) is 40.2 Å². The van der Waals surface area contributed by atoms with E-state index in [0.29, 0.717) is 13.0 Å². The van der Waals surface area contributed by atoms with Crippen molar-refractivity contribution in [2.45, 2.75) is 25.8 Å². The van der Waals surface area contributed by atoms with E-state index in [2.05, 4.69) is 27.3 Å². The van der Waals surface area contributed by atoms with Crippen molar-refractivity contribution in [1.82, 2.24) is 5.32 Å². The molecule has 5 heteroatoms. The first-order chi connectivity index (χ1) is 10.2. The Balaban J connectivity index is 1.72. The Hall–Kier alpha value is -1.33. The zero-order valence-corrected chi connectivity index (χ0v) is 14.3. The lowest BCUT2D eigenvalue weighted by Crippen LogP contribution is -2.22. The van der Waals surface area contributed by atoms with Gasteiger partial charge in [-0.05, 0) is 47.0 Å². The Morgan fingerprint density at radius 2 is 2.10 bits per heavy atom. The number of ether oxygens (including phenoxy) is 1. The molecule has 0 unspecified atom stereocenters. The van der Waals surface area contributed by atoms with Crippen molar-refractivity contribution in [2.24, 2.45) is 0 Å². The SMILES string of the molecule is COc1ccccc1CNC(=O)CCCc1ccc(Br)s1. The van der Waals surface area contributed by atoms with Gasteiger partial charge >= 0.3 is 0 Å². The van der Waals surface area contributed by atoms with E-state index in [1.807, 2.05) is 30.3 Å². The number of hydrogen-bond donors (Lipinski definition) is 1. The van der Waals surface area contributed by atoms with E-state index in [1.165, 1.54) is 4.88 Å². The van der Waals surface area contributed by atoms with Crippen LogP contribution < -0.4 is 10.1 Å². The average Bonchev–Trinajstić information content (AvgIpc) is 2.91. The lowest BCUT2D eigenvalue weighted by atomic mass is 10.2. The van der Waals surface area contributed by atoms with Crippen molar-refractivity contribution < 1.29 is 9.53 Å². The minimum Gasteiger partial charge on any atom is -0.496 e. The Morgan fingerprint density at radius 3 is 2.81 bits per heavy atom. The van der Waals surface area contributed by atoms with Gasteiger partial charge in [-0.1, -0.05) is 18.2 Å². The molecule has 2 rings (SSSR count). The van der Waals surface area contributed by atoms with Crippen LogP contribution in [0.1, 0.15) is 23.3 Å². The van der Waals surface area contributed by atoms with E-state index in [1.54, 1.807) is 18.4 Å². The van der Waals surface area contributed by atoms with Gasteiger partial charge in [-0.3, -0.25) is 4.79 Å². The number of amides is 1. The van der Waals surface area contributed by atoms with E-state index in [4.69, 9.17) is 4.74 Å². The molecule has 0 radical (unpaired) electrons. The summed E-state index contributed by atoms with van der Waals surface area (Å²) in [4.78, 5) is 13.2. The molecule has 1 aromatic heterocycles. The van der Waals surface area contributed by atoms with Gasteiger partial charge in [0.25, 0.3) is 0 Å². The number of carbonyl (C=O) groups excluding carboxylic acids is 1. The molecule has 112 valence electrons. The summed E-state index contributed by atoms with van der Waals surface area (Å²) in [6.45, 7) is 0.507. The molecule has 1 heterocycles. The van der Waals surface area contributed by atoms with Crippen molar-refractivity contribution in [3.63, 3.8) is 0 Å². The van der Waals surface area contributed by atoms with Crippen molar-refractivity contribution in [1.29, 1.82) is 0 Å². The fraction of sp³-hybridized carbons (Fsp3) is 0.312. The third-order valence-electron chi connectivity index (χ3n) is 3.12. The van der Waals surface area contributed by atoms with Crippen molar-refractivity contribution in [3.8, 4) is 5.75 Å². The molecule has 1 amide bonds. The minimum absolute atomic E-state index is 0.0801. The third kappa shape index (κ3) is 5.17. The number of aryl methyl sites for hydroxylation is 1. The smallest absolute Gasteiger partial charge is 0.220 e. The number of rotatable bonds is 7. The molecule has 1 N–H and O–H groups in total. The van der Waals surface area contributed by atoms with Gasteiger partial charge in [-0.2, -0.15) is 0 Å². The summed E-state index contributed by atoms with van der Waals surface area (Å²) in [6.07, 6.45) is 2.35. The van der Waals surface area contributed by atoms with Crippen LogP contribution in [-0.2, 0) is 17.8 Å². The van der Waals surface area contributed by atoms with Crippen LogP contribution in [-0.4, -0.2) is 13.0 Å². The number of benzene rings is 1. The highest BCUT2D eigenvalue weighted by molar-refractivity contribution is 9.11. The molecule has 0 saturated heterocycles. The van der Waals surface area contributed by atoms with Crippen LogP contribution in [0.2, 0.25) is 0 Å². The number of hydrogen-bond acceptors (Lipinski definition) is 3. The second-order valence-electron chi connectivity index (χ2n) is 4.65. The van der Waals surface area contributed by atoms with E-state index in [0.717, 1.165) is 27.9 Å². The molecule has 3 nitrogen and oxygen atoms in total. The summed E-state index contributed by atoms with van der Waals surface area (Å²) >= 11 is 5.17. The van der Waals surface area contributed by atoms with Gasteiger partial charge in [0, 0.05) is 23.4 Å². The lowest BCUT2D eigenvalue weighted by Gasteiger charge is -2.09. The highest BCUT2D eigenvalue weighted by Crippen LogP contribution is 2.23. The number of thiophene rings is 1. The van der Waals surface area contributed by atoms with Crippen molar-refractivity contribution in [3.05, 3.63) is 50.6 Å². The normalized spacial score (nSPS) is 10.4. The van der Waals surface area contributed by atoms with Crippen LogP contribution in [0.3, 0.4) is 0 Å². The van der Waals surface area contributed by atoms with Crippen LogP contribution >= 0.6 is 27.3 Å². The molecule has 21 heavy (non-hydrogen) atoms. The van der Waals surface area contributed by atoms with Gasteiger partial charge in [-0.25, -0.2) is 0 Å². The first-order valence-corrected chi connectivity index (χ1v) is 8.43. The fourth-order valence-electron chi connectivity index (χ4n) is 2.04. The zero-order valence-electron chi connectivity index (χ0n) is 11.9. The summed E-state index contributed by atoms with van der Waals surface area (Å²) in [5, 5.41) is 2.94. The van der Waals surface area contributed by atoms with Crippen molar-refractivity contribution in [2.75, 3.05) is 7.11 Å². The number of methoxy groups -OCH3 is 1. The maximum atomic E-state index is 11.9. The quantitative estimate of drug-likeness (QED) is 0.797. The largest absolute Gasteiger partial charge is 0.496 e. The molecular weight excluding hydrogens is 350 g/mol. The van der Waals surface area contributed by atoms with Gasteiger partial charge in [0.1, 0.15) is 5.75 Å². The summed E-state index contributed by atoms with van der Waals surface area (Å²) in [7, 11) is 1.64. The molecule has 1 aromatic carbocycles. The first kappa shape index (κ1) is 16.0. The van der Waals surface area contributed by atoms with Crippen LogP contribution in [0.5, 0.6) is 5.75 Å². The van der Waals surface area contributed by atoms with Gasteiger partial charge in [0.05, 0.1) is 10.9 Å². The molecule has 0 aliphatic heterocycles. The number of carbonyl (C=O) groups is 1. The molecule has 0 aliphatic carbocycles. The second kappa shape index (κ2) is 8.20. The maximum absolute atomic E-state index is 11.9. The topological polar surface area (TPSA) is 38.3 Å². The second-order valence-corrected chi connectivity index (χ2v) is 7.20.